The van der Waals surface area contributed by atoms with Gasteiger partial charge in [0.1, 0.15) is 30.5 Å². The summed E-state index contributed by atoms with van der Waals surface area (Å²) in [4.78, 5) is 35.6. The lowest BCUT2D eigenvalue weighted by atomic mass is 9.79. The standard InChI is InChI=1S/C34H41F2N3O4Si/c1-23-20-39-31(24(2)38-32(39)33(37-23)43-22-26-27(35)13-10-14-28(26)36)29(40)15-16-34(3,17-18-44(4,5)6)19-30(41)42-21-25-11-8-7-9-12-25/h7-14,20H,15-19,21-22H2,1-6H3. The second kappa shape index (κ2) is 13.8. The van der Waals surface area contributed by atoms with Gasteiger partial charge < -0.3 is 9.47 Å². The van der Waals surface area contributed by atoms with Gasteiger partial charge in [-0.15, -0.1) is 0 Å². The number of aromatic nitrogens is 3. The molecule has 7 nitrogen and oxygen atoms in total. The number of nitrogens with zero attached hydrogens (tertiary/aromatic N) is 3. The highest BCUT2D eigenvalue weighted by Gasteiger charge is 2.32. The van der Waals surface area contributed by atoms with Gasteiger partial charge in [-0.2, -0.15) is 0 Å². The van der Waals surface area contributed by atoms with E-state index in [0.717, 1.165) is 30.2 Å². The molecule has 0 aliphatic carbocycles. The zero-order valence-corrected chi connectivity index (χ0v) is 27.4. The van der Waals surface area contributed by atoms with Crippen molar-refractivity contribution >= 4 is 25.5 Å². The number of imidazole rings is 1. The fourth-order valence-electron chi connectivity index (χ4n) is 5.14. The van der Waals surface area contributed by atoms with Gasteiger partial charge in [-0.3, -0.25) is 14.0 Å². The Balaban J connectivity index is 1.51. The van der Waals surface area contributed by atoms with E-state index in [1.54, 1.807) is 24.4 Å². The lowest BCUT2D eigenvalue weighted by Gasteiger charge is -2.31. The molecule has 0 aliphatic rings. The summed E-state index contributed by atoms with van der Waals surface area (Å²) in [6.45, 7) is 12.3. The first-order valence-corrected chi connectivity index (χ1v) is 18.6. The first kappa shape index (κ1) is 33.0. The van der Waals surface area contributed by atoms with Gasteiger partial charge in [0.05, 0.1) is 23.4 Å². The minimum atomic E-state index is -1.42. The molecule has 0 fully saturated rings. The van der Waals surface area contributed by atoms with Crippen LogP contribution in [0.1, 0.15) is 65.6 Å². The minimum Gasteiger partial charge on any atom is -0.470 e. The molecule has 2 aromatic carbocycles. The Kier molecular flexibility index (Phi) is 10.3. The Morgan fingerprint density at radius 2 is 1.61 bits per heavy atom. The van der Waals surface area contributed by atoms with Crippen LogP contribution in [0.15, 0.2) is 54.7 Å². The van der Waals surface area contributed by atoms with Gasteiger partial charge in [-0.05, 0) is 49.8 Å². The molecule has 0 N–H and O–H groups in total. The summed E-state index contributed by atoms with van der Waals surface area (Å²) in [5, 5.41) is 0. The quantitative estimate of drug-likeness (QED) is 0.0805. The highest BCUT2D eigenvalue weighted by Crippen LogP contribution is 2.37. The number of carbonyl (C=O) groups excluding carboxylic acids is 2. The van der Waals surface area contributed by atoms with Crippen molar-refractivity contribution in [2.24, 2.45) is 5.41 Å². The van der Waals surface area contributed by atoms with E-state index < -0.39 is 25.1 Å². The van der Waals surface area contributed by atoms with E-state index in [1.807, 2.05) is 30.3 Å². The number of ketones is 1. The average molecular weight is 622 g/mol. The number of benzene rings is 2. The summed E-state index contributed by atoms with van der Waals surface area (Å²) in [5.74, 6) is -1.75. The summed E-state index contributed by atoms with van der Waals surface area (Å²) in [5.41, 5.74) is 2.02. The number of ether oxygens (including phenoxy) is 2. The highest BCUT2D eigenvalue weighted by atomic mass is 28.3. The van der Waals surface area contributed by atoms with Crippen LogP contribution < -0.4 is 4.74 Å². The summed E-state index contributed by atoms with van der Waals surface area (Å²) >= 11 is 0. The van der Waals surface area contributed by atoms with E-state index in [0.29, 0.717) is 29.1 Å². The lowest BCUT2D eigenvalue weighted by molar-refractivity contribution is -0.147. The number of esters is 1. The van der Waals surface area contributed by atoms with Crippen LogP contribution >= 0.6 is 0 Å². The Labute approximate surface area is 258 Å². The predicted octanol–water partition coefficient (Wildman–Crippen LogP) is 8.03. The lowest BCUT2D eigenvalue weighted by Crippen LogP contribution is -2.28. The Morgan fingerprint density at radius 1 is 0.932 bits per heavy atom. The van der Waals surface area contributed by atoms with Gasteiger partial charge in [0.2, 0.25) is 5.65 Å². The molecule has 0 saturated carbocycles. The summed E-state index contributed by atoms with van der Waals surface area (Å²) in [6.07, 6.45) is 3.45. The normalized spacial score (nSPS) is 13.1. The maximum absolute atomic E-state index is 14.2. The number of halogens is 2. The average Bonchev–Trinajstić information content (AvgIpc) is 3.29. The number of aryl methyl sites for hydroxylation is 2. The zero-order chi connectivity index (χ0) is 32.1. The first-order valence-electron chi connectivity index (χ1n) is 14.9. The van der Waals surface area contributed by atoms with Crippen LogP contribution in [0.25, 0.3) is 5.65 Å². The highest BCUT2D eigenvalue weighted by molar-refractivity contribution is 6.76. The molecule has 10 heteroatoms. The zero-order valence-electron chi connectivity index (χ0n) is 26.4. The molecule has 0 aliphatic heterocycles. The molecule has 234 valence electrons. The number of fused-ring (bicyclic) bond motifs is 1. The third-order valence-corrected chi connectivity index (χ3v) is 9.55. The molecular formula is C34H41F2N3O4Si. The molecule has 2 heterocycles. The smallest absolute Gasteiger partial charge is 0.306 e. The first-order chi connectivity index (χ1) is 20.7. The van der Waals surface area contributed by atoms with E-state index in [2.05, 4.69) is 36.5 Å². The van der Waals surface area contributed by atoms with Crippen molar-refractivity contribution in [2.45, 2.75) is 85.4 Å². The van der Waals surface area contributed by atoms with Crippen LogP contribution in [-0.4, -0.2) is 34.2 Å². The van der Waals surface area contributed by atoms with Crippen molar-refractivity contribution in [1.29, 1.82) is 0 Å². The van der Waals surface area contributed by atoms with E-state index in [-0.39, 0.29) is 49.3 Å². The fourth-order valence-corrected chi connectivity index (χ4v) is 6.50. The molecule has 44 heavy (non-hydrogen) atoms. The maximum atomic E-state index is 14.2. The van der Waals surface area contributed by atoms with Crippen LogP contribution in [0.3, 0.4) is 0 Å². The number of hydrogen-bond acceptors (Lipinski definition) is 6. The molecule has 0 radical (unpaired) electrons. The fraction of sp³-hybridized carbons (Fsp3) is 0.412. The summed E-state index contributed by atoms with van der Waals surface area (Å²) in [6, 6.07) is 14.2. The molecule has 2 aromatic heterocycles. The number of Topliss-reactive ketones (excluding diaryl/α,β-unsaturated/α-hetero) is 1. The number of hydrogen-bond donors (Lipinski definition) is 0. The van der Waals surface area contributed by atoms with Gasteiger partial charge in [-0.25, -0.2) is 18.7 Å². The molecule has 1 atom stereocenters. The van der Waals surface area contributed by atoms with E-state index in [9.17, 15) is 18.4 Å². The van der Waals surface area contributed by atoms with Crippen LogP contribution in [0.5, 0.6) is 5.88 Å². The molecule has 4 aromatic rings. The molecule has 0 spiro atoms. The molecule has 0 bridgehead atoms. The Morgan fingerprint density at radius 3 is 2.27 bits per heavy atom. The Hall–Kier alpha value is -3.92. The monoisotopic (exact) mass is 621 g/mol. The van der Waals surface area contributed by atoms with Crippen molar-refractivity contribution in [1.82, 2.24) is 14.4 Å². The summed E-state index contributed by atoms with van der Waals surface area (Å²) in [7, 11) is -1.42. The third-order valence-electron chi connectivity index (χ3n) is 7.80. The van der Waals surface area contributed by atoms with Gasteiger partial charge >= 0.3 is 5.97 Å². The van der Waals surface area contributed by atoms with Crippen molar-refractivity contribution in [3.05, 3.63) is 94.6 Å². The molecule has 0 saturated heterocycles. The third kappa shape index (κ3) is 8.59. The second-order valence-corrected chi connectivity index (χ2v) is 18.7. The molecular weight excluding hydrogens is 580 g/mol. The number of carbonyl (C=O) groups is 2. The molecule has 0 amide bonds. The van der Waals surface area contributed by atoms with Crippen LogP contribution in [0.2, 0.25) is 25.7 Å². The largest absolute Gasteiger partial charge is 0.470 e. The van der Waals surface area contributed by atoms with Gasteiger partial charge in [0.15, 0.2) is 5.78 Å². The number of rotatable bonds is 14. The maximum Gasteiger partial charge on any atom is 0.306 e. The van der Waals surface area contributed by atoms with E-state index in [4.69, 9.17) is 9.47 Å². The van der Waals surface area contributed by atoms with Crippen LogP contribution in [0.4, 0.5) is 8.78 Å². The van der Waals surface area contributed by atoms with Crippen LogP contribution in [0, 0.1) is 30.9 Å². The predicted molar refractivity (Wildman–Crippen MR) is 168 cm³/mol. The Bertz CT molecular complexity index is 1620. The summed E-state index contributed by atoms with van der Waals surface area (Å²) < 4.78 is 41.4. The molecule has 1 unspecified atom stereocenters. The van der Waals surface area contributed by atoms with E-state index in [1.165, 1.54) is 6.07 Å². The van der Waals surface area contributed by atoms with Gasteiger partial charge in [0.25, 0.3) is 5.88 Å². The van der Waals surface area contributed by atoms with Crippen molar-refractivity contribution < 1.29 is 27.8 Å². The molecule has 4 rings (SSSR count). The van der Waals surface area contributed by atoms with Gasteiger partial charge in [0, 0.05) is 20.7 Å². The van der Waals surface area contributed by atoms with Crippen molar-refractivity contribution in [2.75, 3.05) is 0 Å². The van der Waals surface area contributed by atoms with Crippen molar-refractivity contribution in [3.63, 3.8) is 0 Å². The SMILES string of the molecule is Cc1cn2c(C(=O)CCC(C)(CC[Si](C)(C)C)CC(=O)OCc3ccccc3)c(C)nc2c(OCc2c(F)cccc2F)n1. The van der Waals surface area contributed by atoms with E-state index >= 15 is 0 Å². The van der Waals surface area contributed by atoms with Crippen molar-refractivity contribution in [3.8, 4) is 5.88 Å². The van der Waals surface area contributed by atoms with Gasteiger partial charge in [-0.1, -0.05) is 69.0 Å². The van der Waals surface area contributed by atoms with Crippen LogP contribution in [-0.2, 0) is 22.7 Å². The topological polar surface area (TPSA) is 82.8 Å². The minimum absolute atomic E-state index is 0.0796. The second-order valence-electron chi connectivity index (χ2n) is 13.0.